The van der Waals surface area contributed by atoms with E-state index in [0.717, 1.165) is 38.8 Å². The Morgan fingerprint density at radius 1 is 1.30 bits per heavy atom. The highest BCUT2D eigenvalue weighted by molar-refractivity contribution is 9.09. The largest absolute Gasteiger partial charge is 0.504 e. The van der Waals surface area contributed by atoms with Gasteiger partial charge in [-0.3, -0.25) is 4.90 Å². The minimum Gasteiger partial charge on any atom is -0.504 e. The summed E-state index contributed by atoms with van der Waals surface area (Å²) in [7, 11) is 0. The van der Waals surface area contributed by atoms with Gasteiger partial charge in [0.15, 0.2) is 11.5 Å². The molecule has 0 spiro atoms. The fourth-order valence-electron chi connectivity index (χ4n) is 3.11. The van der Waals surface area contributed by atoms with E-state index in [0.29, 0.717) is 10.9 Å². The zero-order valence-electron chi connectivity index (χ0n) is 12.3. The number of hydrogen-bond donors (Lipinski definition) is 2. The molecule has 4 heteroatoms. The molecule has 3 nitrogen and oxygen atoms in total. The van der Waals surface area contributed by atoms with Crippen molar-refractivity contribution in [3.63, 3.8) is 0 Å². The summed E-state index contributed by atoms with van der Waals surface area (Å²) in [6.45, 7) is 6.56. The van der Waals surface area contributed by atoms with Crippen molar-refractivity contribution in [1.82, 2.24) is 4.90 Å². The number of benzene rings is 1. The van der Waals surface area contributed by atoms with Gasteiger partial charge in [0.25, 0.3) is 0 Å². The highest BCUT2D eigenvalue weighted by atomic mass is 79.9. The molecular weight excluding hydrogens is 318 g/mol. The molecule has 0 radical (unpaired) electrons. The molecule has 112 valence electrons. The molecule has 1 aliphatic carbocycles. The molecule has 0 heterocycles. The molecule has 0 bridgehead atoms. The lowest BCUT2D eigenvalue weighted by molar-refractivity contribution is 0.182. The van der Waals surface area contributed by atoms with Crippen LogP contribution in [0.4, 0.5) is 0 Å². The number of rotatable bonds is 5. The molecule has 20 heavy (non-hydrogen) atoms. The summed E-state index contributed by atoms with van der Waals surface area (Å²) in [6, 6.07) is 3.99. The molecule has 2 unspecified atom stereocenters. The minimum absolute atomic E-state index is 0.000279. The molecule has 1 aromatic carbocycles. The summed E-state index contributed by atoms with van der Waals surface area (Å²) in [4.78, 5) is 3.04. The van der Waals surface area contributed by atoms with Crippen molar-refractivity contribution in [3.05, 3.63) is 23.3 Å². The van der Waals surface area contributed by atoms with Gasteiger partial charge in [-0.05, 0) is 55.5 Å². The molecule has 0 saturated carbocycles. The predicted molar refractivity (Wildman–Crippen MR) is 85.8 cm³/mol. The van der Waals surface area contributed by atoms with E-state index < -0.39 is 0 Å². The van der Waals surface area contributed by atoms with Crippen LogP contribution in [-0.2, 0) is 12.8 Å². The number of nitrogens with zero attached hydrogens (tertiary/aromatic N) is 1. The lowest BCUT2D eigenvalue weighted by atomic mass is 9.87. The summed E-state index contributed by atoms with van der Waals surface area (Å²) in [5.74, 6) is 0.00185. The Labute approximate surface area is 129 Å². The monoisotopic (exact) mass is 341 g/mol. The average molecular weight is 342 g/mol. The Balaban J connectivity index is 2.14. The minimum atomic E-state index is 0.000279. The molecule has 2 atom stereocenters. The first kappa shape index (κ1) is 15.6. The first-order valence-corrected chi connectivity index (χ1v) is 8.34. The van der Waals surface area contributed by atoms with E-state index in [1.54, 1.807) is 12.1 Å². The van der Waals surface area contributed by atoms with Gasteiger partial charge < -0.3 is 10.2 Å². The third-order valence-electron chi connectivity index (χ3n) is 4.01. The number of halogens is 1. The van der Waals surface area contributed by atoms with E-state index in [2.05, 4.69) is 34.7 Å². The van der Waals surface area contributed by atoms with Crippen LogP contribution in [0.25, 0.3) is 0 Å². The van der Waals surface area contributed by atoms with Gasteiger partial charge in [0.05, 0.1) is 0 Å². The Morgan fingerprint density at radius 3 is 2.55 bits per heavy atom. The van der Waals surface area contributed by atoms with Crippen molar-refractivity contribution >= 4 is 15.9 Å². The third-order valence-corrected chi connectivity index (χ3v) is 4.30. The molecule has 0 aliphatic heterocycles. The maximum Gasteiger partial charge on any atom is 0.157 e. The second-order valence-electron chi connectivity index (χ2n) is 5.78. The SMILES string of the molecule is CCCN(CC(C)Br)C1CCc2cc(O)c(O)cc2C1. The average Bonchev–Trinajstić information content (AvgIpc) is 2.38. The topological polar surface area (TPSA) is 43.7 Å². The molecule has 0 aromatic heterocycles. The van der Waals surface area contributed by atoms with Gasteiger partial charge in [-0.2, -0.15) is 0 Å². The van der Waals surface area contributed by atoms with Crippen LogP contribution in [-0.4, -0.2) is 39.1 Å². The standard InChI is InChI=1S/C16H24BrNO2/c1-3-6-18(10-11(2)17)14-5-4-12-8-15(19)16(20)9-13(12)7-14/h8-9,11,14,19-20H,3-7,10H2,1-2H3. The third kappa shape index (κ3) is 3.67. The van der Waals surface area contributed by atoms with Crippen molar-refractivity contribution in [2.24, 2.45) is 0 Å². The molecule has 0 saturated heterocycles. The fourth-order valence-corrected chi connectivity index (χ4v) is 3.48. The molecule has 2 rings (SSSR count). The van der Waals surface area contributed by atoms with E-state index in [9.17, 15) is 10.2 Å². The zero-order valence-corrected chi connectivity index (χ0v) is 13.9. The quantitative estimate of drug-likeness (QED) is 0.636. The van der Waals surface area contributed by atoms with Crippen molar-refractivity contribution in [2.45, 2.75) is 50.4 Å². The van der Waals surface area contributed by atoms with E-state index >= 15 is 0 Å². The lowest BCUT2D eigenvalue weighted by Gasteiger charge is -2.36. The Hall–Kier alpha value is -0.740. The summed E-state index contributed by atoms with van der Waals surface area (Å²) >= 11 is 3.65. The van der Waals surface area contributed by atoms with Crippen LogP contribution in [0.2, 0.25) is 0 Å². The van der Waals surface area contributed by atoms with Crippen LogP contribution in [0, 0.1) is 0 Å². The summed E-state index contributed by atoms with van der Waals surface area (Å²) in [5, 5.41) is 19.3. The number of hydrogen-bond acceptors (Lipinski definition) is 3. The van der Waals surface area contributed by atoms with Crippen molar-refractivity contribution < 1.29 is 10.2 Å². The maximum absolute atomic E-state index is 9.68. The van der Waals surface area contributed by atoms with Crippen molar-refractivity contribution in [2.75, 3.05) is 13.1 Å². The molecule has 0 fully saturated rings. The molecule has 2 N–H and O–H groups in total. The number of phenolic OH excluding ortho intramolecular Hbond substituents is 2. The van der Waals surface area contributed by atoms with E-state index in [4.69, 9.17) is 0 Å². The highest BCUT2D eigenvalue weighted by Crippen LogP contribution is 2.33. The first-order chi connectivity index (χ1) is 9.51. The van der Waals surface area contributed by atoms with Crippen LogP contribution in [0.5, 0.6) is 11.5 Å². The van der Waals surface area contributed by atoms with Crippen LogP contribution >= 0.6 is 15.9 Å². The van der Waals surface area contributed by atoms with Crippen LogP contribution in [0.1, 0.15) is 37.8 Å². The van der Waals surface area contributed by atoms with Gasteiger partial charge in [-0.15, -0.1) is 0 Å². The smallest absolute Gasteiger partial charge is 0.157 e. The molecule has 1 aliphatic rings. The summed E-state index contributed by atoms with van der Waals surface area (Å²) in [6.07, 6.45) is 4.22. The fraction of sp³-hybridized carbons (Fsp3) is 0.625. The Morgan fingerprint density at radius 2 is 1.95 bits per heavy atom. The van der Waals surface area contributed by atoms with E-state index in [1.165, 1.54) is 11.1 Å². The number of phenols is 2. The Kier molecular flexibility index (Phi) is 5.33. The second-order valence-corrected chi connectivity index (χ2v) is 7.35. The predicted octanol–water partition coefficient (Wildman–Crippen LogP) is 3.45. The normalized spacial score (nSPS) is 19.9. The number of aromatic hydroxyl groups is 2. The first-order valence-electron chi connectivity index (χ1n) is 7.43. The van der Waals surface area contributed by atoms with E-state index in [1.807, 2.05) is 0 Å². The van der Waals surface area contributed by atoms with Crippen molar-refractivity contribution in [3.8, 4) is 11.5 Å². The maximum atomic E-state index is 9.68. The van der Waals surface area contributed by atoms with E-state index in [-0.39, 0.29) is 11.5 Å². The molecule has 1 aromatic rings. The summed E-state index contributed by atoms with van der Waals surface area (Å²) < 4.78 is 0. The van der Waals surface area contributed by atoms with Gasteiger partial charge in [-0.25, -0.2) is 0 Å². The number of alkyl halides is 1. The van der Waals surface area contributed by atoms with Gasteiger partial charge in [0, 0.05) is 17.4 Å². The van der Waals surface area contributed by atoms with Gasteiger partial charge in [0.2, 0.25) is 0 Å². The molecular formula is C16H24BrNO2. The van der Waals surface area contributed by atoms with Gasteiger partial charge in [-0.1, -0.05) is 29.8 Å². The summed E-state index contributed by atoms with van der Waals surface area (Å²) in [5.41, 5.74) is 2.36. The zero-order chi connectivity index (χ0) is 14.7. The van der Waals surface area contributed by atoms with Crippen molar-refractivity contribution in [1.29, 1.82) is 0 Å². The number of aryl methyl sites for hydroxylation is 1. The lowest BCUT2D eigenvalue weighted by Crippen LogP contribution is -2.42. The van der Waals surface area contributed by atoms with Crippen LogP contribution in [0.15, 0.2) is 12.1 Å². The van der Waals surface area contributed by atoms with Gasteiger partial charge in [0.1, 0.15) is 0 Å². The Bertz CT molecular complexity index is 462. The van der Waals surface area contributed by atoms with Crippen LogP contribution in [0.3, 0.4) is 0 Å². The van der Waals surface area contributed by atoms with Crippen LogP contribution < -0.4 is 0 Å². The van der Waals surface area contributed by atoms with Gasteiger partial charge >= 0.3 is 0 Å². The second kappa shape index (κ2) is 6.81. The number of fused-ring (bicyclic) bond motifs is 1. The highest BCUT2D eigenvalue weighted by Gasteiger charge is 2.25. The molecule has 0 amide bonds.